The van der Waals surface area contributed by atoms with Gasteiger partial charge in [0, 0.05) is 26.1 Å². The van der Waals surface area contributed by atoms with E-state index in [9.17, 15) is 9.59 Å². The Morgan fingerprint density at radius 1 is 1.45 bits per heavy atom. The number of aryl methyl sites for hydroxylation is 2. The fourth-order valence-electron chi connectivity index (χ4n) is 2.82. The molecule has 0 radical (unpaired) electrons. The maximum absolute atomic E-state index is 12.4. The van der Waals surface area contributed by atoms with Crippen LogP contribution in [0, 0.1) is 12.3 Å². The van der Waals surface area contributed by atoms with Crippen LogP contribution in [-0.4, -0.2) is 45.6 Å². The monoisotopic (exact) mass is 306 g/mol. The van der Waals surface area contributed by atoms with E-state index < -0.39 is 0 Å². The highest BCUT2D eigenvalue weighted by Gasteiger charge is 2.33. The first-order valence-electron chi connectivity index (χ1n) is 7.82. The average molecular weight is 306 g/mol. The normalized spacial score (nSPS) is 18.9. The molecule has 0 saturated carbocycles. The second kappa shape index (κ2) is 6.10. The SMILES string of the molecule is CCn1nc(C)cc1C(=O)NC1CC(=O)N(CC(C)(C)C)C1. The van der Waals surface area contributed by atoms with E-state index in [-0.39, 0.29) is 23.3 Å². The molecule has 2 heterocycles. The van der Waals surface area contributed by atoms with E-state index >= 15 is 0 Å². The fraction of sp³-hybridized carbons (Fsp3) is 0.688. The Hall–Kier alpha value is -1.85. The van der Waals surface area contributed by atoms with E-state index in [1.165, 1.54) is 0 Å². The lowest BCUT2D eigenvalue weighted by molar-refractivity contribution is -0.128. The van der Waals surface area contributed by atoms with Crippen LogP contribution in [-0.2, 0) is 11.3 Å². The molecule has 22 heavy (non-hydrogen) atoms. The molecule has 2 amide bonds. The molecular weight excluding hydrogens is 280 g/mol. The smallest absolute Gasteiger partial charge is 0.269 e. The van der Waals surface area contributed by atoms with Gasteiger partial charge >= 0.3 is 0 Å². The number of carbonyl (C=O) groups excluding carboxylic acids is 2. The van der Waals surface area contributed by atoms with Gasteiger partial charge in [-0.2, -0.15) is 5.10 Å². The van der Waals surface area contributed by atoms with E-state index in [4.69, 9.17) is 0 Å². The summed E-state index contributed by atoms with van der Waals surface area (Å²) >= 11 is 0. The van der Waals surface area contributed by atoms with E-state index in [0.717, 1.165) is 5.69 Å². The summed E-state index contributed by atoms with van der Waals surface area (Å²) in [4.78, 5) is 26.3. The summed E-state index contributed by atoms with van der Waals surface area (Å²) < 4.78 is 1.69. The minimum Gasteiger partial charge on any atom is -0.346 e. The number of carbonyl (C=O) groups is 2. The minimum atomic E-state index is -0.155. The van der Waals surface area contributed by atoms with Crippen molar-refractivity contribution in [2.45, 2.75) is 53.6 Å². The van der Waals surface area contributed by atoms with Crippen molar-refractivity contribution in [3.05, 3.63) is 17.5 Å². The minimum absolute atomic E-state index is 0.0620. The molecule has 0 aromatic carbocycles. The van der Waals surface area contributed by atoms with Crippen LogP contribution >= 0.6 is 0 Å². The largest absolute Gasteiger partial charge is 0.346 e. The van der Waals surface area contributed by atoms with Gasteiger partial charge in [-0.05, 0) is 25.3 Å². The Morgan fingerprint density at radius 2 is 2.14 bits per heavy atom. The van der Waals surface area contributed by atoms with E-state index in [1.54, 1.807) is 10.7 Å². The Labute approximate surface area is 131 Å². The zero-order chi connectivity index (χ0) is 16.5. The number of likely N-dealkylation sites (tertiary alicyclic amines) is 1. The number of amides is 2. The van der Waals surface area contributed by atoms with Gasteiger partial charge < -0.3 is 10.2 Å². The summed E-state index contributed by atoms with van der Waals surface area (Å²) in [5.74, 6) is -0.0433. The highest BCUT2D eigenvalue weighted by Crippen LogP contribution is 2.20. The Bertz CT molecular complexity index is 571. The van der Waals surface area contributed by atoms with Crippen LogP contribution in [0.25, 0.3) is 0 Å². The second-order valence-corrected chi connectivity index (χ2v) is 7.20. The van der Waals surface area contributed by atoms with Crippen molar-refractivity contribution >= 4 is 11.8 Å². The molecule has 1 aliphatic rings. The quantitative estimate of drug-likeness (QED) is 0.918. The first-order valence-corrected chi connectivity index (χ1v) is 7.82. The maximum atomic E-state index is 12.4. The third-order valence-corrected chi connectivity index (χ3v) is 3.65. The third kappa shape index (κ3) is 3.87. The number of hydrogen-bond acceptors (Lipinski definition) is 3. The summed E-state index contributed by atoms with van der Waals surface area (Å²) in [5.41, 5.74) is 1.44. The van der Waals surface area contributed by atoms with Crippen LogP contribution in [0.4, 0.5) is 0 Å². The Kier molecular flexibility index (Phi) is 4.58. The third-order valence-electron chi connectivity index (χ3n) is 3.65. The summed E-state index contributed by atoms with van der Waals surface area (Å²) in [6, 6.07) is 1.66. The van der Waals surface area contributed by atoms with Crippen LogP contribution in [0.2, 0.25) is 0 Å². The van der Waals surface area contributed by atoms with Crippen molar-refractivity contribution in [3.63, 3.8) is 0 Å². The zero-order valence-electron chi connectivity index (χ0n) is 14.1. The molecule has 1 N–H and O–H groups in total. The molecule has 0 aliphatic carbocycles. The average Bonchev–Trinajstić information content (AvgIpc) is 2.91. The number of hydrogen-bond donors (Lipinski definition) is 1. The van der Waals surface area contributed by atoms with Gasteiger partial charge in [0.25, 0.3) is 5.91 Å². The molecule has 1 aliphatic heterocycles. The van der Waals surface area contributed by atoms with Crippen molar-refractivity contribution in [3.8, 4) is 0 Å². The molecule has 6 nitrogen and oxygen atoms in total. The summed E-state index contributed by atoms with van der Waals surface area (Å²) in [7, 11) is 0. The van der Waals surface area contributed by atoms with Crippen molar-refractivity contribution in [2.24, 2.45) is 5.41 Å². The highest BCUT2D eigenvalue weighted by atomic mass is 16.2. The number of aromatic nitrogens is 2. The molecule has 1 saturated heterocycles. The lowest BCUT2D eigenvalue weighted by atomic mass is 9.96. The van der Waals surface area contributed by atoms with Crippen molar-refractivity contribution in [1.29, 1.82) is 0 Å². The van der Waals surface area contributed by atoms with Crippen LogP contribution in [0.3, 0.4) is 0 Å². The van der Waals surface area contributed by atoms with Crippen LogP contribution in [0.5, 0.6) is 0 Å². The summed E-state index contributed by atoms with van der Waals surface area (Å²) in [6.45, 7) is 12.1. The summed E-state index contributed by atoms with van der Waals surface area (Å²) in [6.07, 6.45) is 0.376. The van der Waals surface area contributed by atoms with Gasteiger partial charge in [-0.25, -0.2) is 0 Å². The highest BCUT2D eigenvalue weighted by molar-refractivity contribution is 5.93. The summed E-state index contributed by atoms with van der Waals surface area (Å²) in [5, 5.41) is 7.25. The molecule has 1 unspecified atom stereocenters. The molecule has 0 bridgehead atoms. The lowest BCUT2D eigenvalue weighted by Crippen LogP contribution is -2.39. The molecular formula is C16H26N4O2. The van der Waals surface area contributed by atoms with Crippen molar-refractivity contribution < 1.29 is 9.59 Å². The number of nitrogens with zero attached hydrogens (tertiary/aromatic N) is 3. The zero-order valence-corrected chi connectivity index (χ0v) is 14.1. The van der Waals surface area contributed by atoms with Gasteiger partial charge in [0.1, 0.15) is 5.69 Å². The molecule has 1 aromatic rings. The van der Waals surface area contributed by atoms with Gasteiger partial charge in [-0.1, -0.05) is 20.8 Å². The topological polar surface area (TPSA) is 67.2 Å². The van der Waals surface area contributed by atoms with E-state index in [1.807, 2.05) is 18.7 Å². The van der Waals surface area contributed by atoms with Gasteiger partial charge in [0.2, 0.25) is 5.91 Å². The van der Waals surface area contributed by atoms with Crippen LogP contribution < -0.4 is 5.32 Å². The van der Waals surface area contributed by atoms with Crippen molar-refractivity contribution in [1.82, 2.24) is 20.0 Å². The van der Waals surface area contributed by atoms with Gasteiger partial charge in [0.15, 0.2) is 0 Å². The van der Waals surface area contributed by atoms with Crippen molar-refractivity contribution in [2.75, 3.05) is 13.1 Å². The van der Waals surface area contributed by atoms with E-state index in [2.05, 4.69) is 31.2 Å². The van der Waals surface area contributed by atoms with Gasteiger partial charge in [0.05, 0.1) is 11.7 Å². The number of nitrogens with one attached hydrogen (secondary N) is 1. The Balaban J connectivity index is 2.00. The number of rotatable bonds is 4. The lowest BCUT2D eigenvalue weighted by Gasteiger charge is -2.26. The van der Waals surface area contributed by atoms with Crippen LogP contribution in [0.15, 0.2) is 6.07 Å². The Morgan fingerprint density at radius 3 is 2.73 bits per heavy atom. The molecule has 1 fully saturated rings. The maximum Gasteiger partial charge on any atom is 0.269 e. The van der Waals surface area contributed by atoms with Crippen LogP contribution in [0.1, 0.15) is 50.3 Å². The standard InChI is InChI=1S/C16H26N4O2/c1-6-20-13(7-11(2)18-20)15(22)17-12-8-14(21)19(9-12)10-16(3,4)5/h7,12H,6,8-10H2,1-5H3,(H,17,22). The van der Waals surface area contributed by atoms with Gasteiger partial charge in [-0.3, -0.25) is 14.3 Å². The first-order chi connectivity index (χ1) is 10.2. The second-order valence-electron chi connectivity index (χ2n) is 7.20. The first kappa shape index (κ1) is 16.5. The predicted octanol–water partition coefficient (Wildman–Crippen LogP) is 1.59. The molecule has 2 rings (SSSR count). The van der Waals surface area contributed by atoms with E-state index in [0.29, 0.717) is 31.7 Å². The fourth-order valence-corrected chi connectivity index (χ4v) is 2.82. The molecule has 1 aromatic heterocycles. The van der Waals surface area contributed by atoms with Gasteiger partial charge in [-0.15, -0.1) is 0 Å². The molecule has 1 atom stereocenters. The molecule has 0 spiro atoms. The predicted molar refractivity (Wildman–Crippen MR) is 84.5 cm³/mol. The molecule has 122 valence electrons. The molecule has 6 heteroatoms.